The molecule has 0 radical (unpaired) electrons. The maximum Gasteiger partial charge on any atom is 0.494 e. The highest BCUT2D eigenvalue weighted by Gasteiger charge is 2.53. The molecule has 0 aliphatic carbocycles. The molecule has 30 heteroatoms. The number of methoxy groups -OCH3 is 2. The van der Waals surface area contributed by atoms with Crippen LogP contribution in [0, 0.1) is 42.0 Å². The average Bonchev–Trinajstić information content (AvgIpc) is 1.63. The third-order valence-electron chi connectivity index (χ3n) is 17.5. The van der Waals surface area contributed by atoms with Gasteiger partial charge < -0.3 is 52.9 Å². The summed E-state index contributed by atoms with van der Waals surface area (Å²) in [6.07, 6.45) is -0.155. The molecule has 111 heavy (non-hydrogen) atoms. The van der Waals surface area contributed by atoms with E-state index in [2.05, 4.69) is 55.8 Å². The Labute approximate surface area is 682 Å². The first kappa shape index (κ1) is 90.0. The molecule has 0 spiro atoms. The fourth-order valence-electron chi connectivity index (χ4n) is 10.00. The third-order valence-corrected chi connectivity index (χ3v) is 20.9. The van der Waals surface area contributed by atoms with E-state index in [-0.39, 0.29) is 31.6 Å². The molecule has 11 rings (SSSR count). The van der Waals surface area contributed by atoms with Gasteiger partial charge >= 0.3 is 32.1 Å². The number of amides is 2. The van der Waals surface area contributed by atoms with Crippen molar-refractivity contribution in [3.8, 4) is 11.1 Å². The number of halogens is 11. The van der Waals surface area contributed by atoms with Crippen LogP contribution in [-0.2, 0) is 48.7 Å². The van der Waals surface area contributed by atoms with Crippen LogP contribution in [0.15, 0.2) is 182 Å². The zero-order valence-corrected chi connectivity index (χ0v) is 68.6. The highest BCUT2D eigenvalue weighted by molar-refractivity contribution is 14.1. The molecule has 2 amide bonds. The van der Waals surface area contributed by atoms with Crippen LogP contribution in [0.4, 0.5) is 37.7 Å². The number of rotatable bonds is 20. The smallest absolute Gasteiger partial charge is 0.462 e. The van der Waals surface area contributed by atoms with Crippen molar-refractivity contribution in [1.29, 1.82) is 0 Å². The van der Waals surface area contributed by atoms with Crippen molar-refractivity contribution in [2.24, 2.45) is 0 Å². The van der Waals surface area contributed by atoms with Crippen molar-refractivity contribution in [3.63, 3.8) is 0 Å². The molecule has 0 aromatic heterocycles. The Bertz CT molecular complexity index is 4550. The average molecular weight is 1810 g/mol. The van der Waals surface area contributed by atoms with Crippen molar-refractivity contribution < 1.29 is 97.4 Å². The largest absolute Gasteiger partial charge is 0.494 e. The molecule has 9 aromatic carbocycles. The monoisotopic (exact) mass is 1810 g/mol. The minimum atomic E-state index is -0.906. The zero-order valence-electron chi connectivity index (χ0n) is 62.0. The highest BCUT2D eigenvalue weighted by atomic mass is 127. The number of benzene rings is 9. The van der Waals surface area contributed by atoms with E-state index in [0.29, 0.717) is 79.6 Å². The van der Waals surface area contributed by atoms with Crippen LogP contribution in [0.5, 0.6) is 0 Å². The molecule has 17 nitrogen and oxygen atoms in total. The van der Waals surface area contributed by atoms with Crippen molar-refractivity contribution in [2.75, 3.05) is 57.9 Å². The molecule has 584 valence electrons. The minimum Gasteiger partial charge on any atom is -0.462 e. The number of hydrogen-bond acceptors (Lipinski definition) is 15. The van der Waals surface area contributed by atoms with E-state index >= 15 is 0 Å². The standard InChI is InChI=1S/C24H19ClF2O4.2C19H20BF2NO3.C10H10ClIO3.C9H8ClIO2/c1-30-11-12-31-24(29)17-9-10-19(25)18(14-17)16-7-5-15(6-8-16)13-22(28)23-20(26)3-2-4-21(23)27;2*1-18(2)19(3,4)26-20(25-18)12-8-10-13(11-9-12)23-17(24)16-14(21)6-5-7-15(16)22;1-14-4-5-15-10(13)7-2-3-8(11)9(12)6-7;1-2-13-9(12)6-3-4-7(10)8(11)5-6/h2-10,14H,11-13H2,1H3;2*5-11H,1-4H3,(H,23,24);2-3,6H,4-5H2,1H3;3-5H,2H2,1H3. The molecule has 0 unspecified atom stereocenters. The van der Waals surface area contributed by atoms with E-state index in [1.165, 1.54) is 25.3 Å². The molecule has 0 saturated carbocycles. The SMILES string of the molecule is CC1(C)OB(c2ccc(NC(=O)c3c(F)cccc3F)cc2)OC1(C)C.CC1(C)OB(c2ccc(NC(=O)c3c(F)cccc3F)cc2)OC1(C)C.CCOC(=O)c1ccc(Cl)c(I)c1.COCCOC(=O)c1ccc(Cl)c(-c2ccc(CC(=O)c3c(F)cccc3F)cc2)c1.COCCOC(=O)c1ccc(Cl)c(I)c1. The fraction of sp³-hybridized carbons (Fsp3) is 0.259. The molecule has 2 fully saturated rings. The first-order valence-corrected chi connectivity index (χ1v) is 37.4. The normalized spacial score (nSPS) is 13.9. The molecule has 2 aliphatic heterocycles. The summed E-state index contributed by atoms with van der Waals surface area (Å²) in [4.78, 5) is 71.4. The molecule has 9 aromatic rings. The van der Waals surface area contributed by atoms with Gasteiger partial charge in [0.25, 0.3) is 11.8 Å². The van der Waals surface area contributed by atoms with Crippen molar-refractivity contribution >= 4 is 152 Å². The summed E-state index contributed by atoms with van der Waals surface area (Å²) in [5.74, 6) is -8.90. The number of carbonyl (C=O) groups excluding carboxylic acids is 6. The summed E-state index contributed by atoms with van der Waals surface area (Å²) >= 11 is 22.1. The summed E-state index contributed by atoms with van der Waals surface area (Å²) in [5.41, 5.74) is 2.13. The van der Waals surface area contributed by atoms with Gasteiger partial charge in [0.05, 0.1) is 74.5 Å². The zero-order chi connectivity index (χ0) is 81.7. The number of nitrogens with one attached hydrogen (secondary N) is 2. The summed E-state index contributed by atoms with van der Waals surface area (Å²) in [7, 11) is 2.03. The van der Waals surface area contributed by atoms with Crippen LogP contribution in [0.2, 0.25) is 15.1 Å². The lowest BCUT2D eigenvalue weighted by molar-refractivity contribution is 0.00578. The summed E-state index contributed by atoms with van der Waals surface area (Å²) in [6.45, 7) is 19.0. The maximum atomic E-state index is 13.8. The van der Waals surface area contributed by atoms with E-state index in [0.717, 1.165) is 54.5 Å². The van der Waals surface area contributed by atoms with Crippen molar-refractivity contribution in [1.82, 2.24) is 0 Å². The number of Topliss-reactive ketones (excluding diaryl/α,β-unsaturated/α-hetero) is 1. The molecule has 2 saturated heterocycles. The minimum absolute atomic E-state index is 0.138. The van der Waals surface area contributed by atoms with Crippen LogP contribution in [0.1, 0.15) is 130 Å². The molecular weight excluding hydrogens is 1740 g/mol. The Balaban J connectivity index is 0.000000199. The molecule has 2 heterocycles. The van der Waals surface area contributed by atoms with Gasteiger partial charge in [0, 0.05) is 49.7 Å². The Morgan fingerprint density at radius 2 is 0.739 bits per heavy atom. The lowest BCUT2D eigenvalue weighted by atomic mass is 9.79. The quantitative estimate of drug-likeness (QED) is 0.0138. The van der Waals surface area contributed by atoms with Gasteiger partial charge in [-0.1, -0.05) is 102 Å². The maximum absolute atomic E-state index is 13.8. The first-order valence-electron chi connectivity index (χ1n) is 34.1. The topological polar surface area (TPSA) is 210 Å². The van der Waals surface area contributed by atoms with Gasteiger partial charge in [-0.15, -0.1) is 0 Å². The van der Waals surface area contributed by atoms with Gasteiger partial charge in [0.1, 0.15) is 59.2 Å². The molecule has 0 atom stereocenters. The van der Waals surface area contributed by atoms with E-state index in [4.69, 9.17) is 77.1 Å². The molecule has 0 bridgehead atoms. The molecular formula is C81H77B2Cl3F6I2N2O15. The lowest BCUT2D eigenvalue weighted by Gasteiger charge is -2.32. The Hall–Kier alpha value is -8.20. The summed E-state index contributed by atoms with van der Waals surface area (Å²) in [5, 5.41) is 6.69. The van der Waals surface area contributed by atoms with Crippen LogP contribution in [0.3, 0.4) is 0 Å². The van der Waals surface area contributed by atoms with Gasteiger partial charge in [0.2, 0.25) is 0 Å². The number of esters is 3. The van der Waals surface area contributed by atoms with E-state index in [1.54, 1.807) is 141 Å². The first-order chi connectivity index (χ1) is 52.4. The molecule has 2 N–H and O–H groups in total. The number of ketones is 1. The van der Waals surface area contributed by atoms with Gasteiger partial charge in [-0.25, -0.2) is 40.7 Å². The number of carbonyl (C=O) groups is 6. The Morgan fingerprint density at radius 1 is 0.414 bits per heavy atom. The van der Waals surface area contributed by atoms with Gasteiger partial charge in [-0.05, 0) is 245 Å². The predicted octanol–water partition coefficient (Wildman–Crippen LogP) is 18.4. The van der Waals surface area contributed by atoms with Crippen molar-refractivity contribution in [3.05, 3.63) is 278 Å². The van der Waals surface area contributed by atoms with Gasteiger partial charge in [-0.2, -0.15) is 0 Å². The number of hydrogen-bond donors (Lipinski definition) is 2. The third kappa shape index (κ3) is 24.9. The Kier molecular flexibility index (Phi) is 33.3. The van der Waals surface area contributed by atoms with Crippen LogP contribution < -0.4 is 21.6 Å². The van der Waals surface area contributed by atoms with E-state index in [9.17, 15) is 55.1 Å². The van der Waals surface area contributed by atoms with Crippen LogP contribution in [0.25, 0.3) is 11.1 Å². The predicted molar refractivity (Wildman–Crippen MR) is 433 cm³/mol. The second kappa shape index (κ2) is 41.0. The highest BCUT2D eigenvalue weighted by Crippen LogP contribution is 2.38. The second-order valence-corrected chi connectivity index (χ2v) is 29.9. The van der Waals surface area contributed by atoms with Crippen LogP contribution in [-0.4, -0.2) is 119 Å². The van der Waals surface area contributed by atoms with E-state index in [1.807, 2.05) is 55.4 Å². The molecule has 2 aliphatic rings. The van der Waals surface area contributed by atoms with Crippen molar-refractivity contribution in [2.45, 2.75) is 91.1 Å². The van der Waals surface area contributed by atoms with Crippen LogP contribution >= 0.6 is 80.0 Å². The second-order valence-electron chi connectivity index (χ2n) is 26.3. The number of ether oxygens (including phenoxy) is 5. The Morgan fingerprint density at radius 3 is 1.07 bits per heavy atom. The van der Waals surface area contributed by atoms with Gasteiger partial charge in [0.15, 0.2) is 5.78 Å². The lowest BCUT2D eigenvalue weighted by Crippen LogP contribution is -2.41. The summed E-state index contributed by atoms with van der Waals surface area (Å²) in [6, 6.07) is 45.1. The summed E-state index contributed by atoms with van der Waals surface area (Å²) < 4.78 is 132. The van der Waals surface area contributed by atoms with E-state index < -0.39 is 112 Å². The van der Waals surface area contributed by atoms with Gasteiger partial charge in [-0.3, -0.25) is 14.4 Å². The fourth-order valence-corrected chi connectivity index (χ4v) is 11.5. The number of anilines is 2.